The highest BCUT2D eigenvalue weighted by molar-refractivity contribution is 8.00. The maximum atomic E-state index is 10.4. The van der Waals surface area contributed by atoms with Crippen LogP contribution in [-0.4, -0.2) is 22.1 Å². The van der Waals surface area contributed by atoms with E-state index < -0.39 is 5.97 Å². The zero-order valence-electron chi connectivity index (χ0n) is 6.34. The first-order chi connectivity index (χ1) is 5.07. The number of carboxylic acid groups (broad SMARTS) is 1. The first-order valence-corrected chi connectivity index (χ1v) is 4.68. The molecule has 64 valence electrons. The number of thioether (sulfide) groups is 1. The minimum Gasteiger partial charge on any atom is -0.480 e. The predicted molar refractivity (Wildman–Crippen MR) is 49.2 cm³/mol. The van der Waals surface area contributed by atoms with E-state index in [-0.39, 0.29) is 5.25 Å². The molecule has 0 heterocycles. The van der Waals surface area contributed by atoms with Gasteiger partial charge in [0.25, 0.3) is 0 Å². The fourth-order valence-corrected chi connectivity index (χ4v) is 1.50. The average molecular weight is 195 g/mol. The van der Waals surface area contributed by atoms with Gasteiger partial charge in [-0.25, -0.2) is 0 Å². The highest BCUT2D eigenvalue weighted by Gasteiger charge is 2.14. The van der Waals surface area contributed by atoms with Gasteiger partial charge in [-0.3, -0.25) is 4.79 Å². The molecule has 0 fully saturated rings. The lowest BCUT2D eigenvalue weighted by Gasteiger charge is -2.07. The van der Waals surface area contributed by atoms with Crippen LogP contribution in [0.5, 0.6) is 0 Å². The topological polar surface area (TPSA) is 37.3 Å². The minimum absolute atomic E-state index is 0.356. The van der Waals surface area contributed by atoms with Crippen molar-refractivity contribution in [3.05, 3.63) is 11.6 Å². The van der Waals surface area contributed by atoms with Gasteiger partial charge in [-0.1, -0.05) is 25.1 Å². The monoisotopic (exact) mass is 194 g/mol. The molecule has 1 atom stereocenters. The lowest BCUT2D eigenvalue weighted by atomic mass is 10.3. The molecule has 0 saturated carbocycles. The second-order valence-electron chi connectivity index (χ2n) is 2.06. The van der Waals surface area contributed by atoms with Gasteiger partial charge in [0.1, 0.15) is 5.25 Å². The molecule has 0 saturated heterocycles. The van der Waals surface area contributed by atoms with E-state index in [1.165, 1.54) is 11.8 Å². The Morgan fingerprint density at radius 3 is 2.64 bits per heavy atom. The molecule has 0 spiro atoms. The third kappa shape index (κ3) is 5.16. The molecule has 0 aliphatic heterocycles. The van der Waals surface area contributed by atoms with Gasteiger partial charge < -0.3 is 5.11 Å². The average Bonchev–Trinajstić information content (AvgIpc) is 1.87. The summed E-state index contributed by atoms with van der Waals surface area (Å²) in [5, 5.41) is 8.73. The third-order valence-electron chi connectivity index (χ3n) is 1.09. The molecule has 0 radical (unpaired) electrons. The van der Waals surface area contributed by atoms with Gasteiger partial charge >= 0.3 is 5.97 Å². The van der Waals surface area contributed by atoms with Crippen molar-refractivity contribution in [1.82, 2.24) is 0 Å². The Hall–Kier alpha value is -0.150. The van der Waals surface area contributed by atoms with Gasteiger partial charge in [0.2, 0.25) is 0 Å². The lowest BCUT2D eigenvalue weighted by Crippen LogP contribution is -2.15. The molecule has 0 aliphatic carbocycles. The maximum Gasteiger partial charge on any atom is 0.316 e. The normalized spacial score (nSPS) is 12.5. The summed E-state index contributed by atoms with van der Waals surface area (Å²) < 4.78 is 0. The smallest absolute Gasteiger partial charge is 0.316 e. The second-order valence-corrected chi connectivity index (χ2v) is 3.79. The zero-order chi connectivity index (χ0) is 8.85. The molecule has 0 aromatic rings. The van der Waals surface area contributed by atoms with E-state index in [4.69, 9.17) is 16.7 Å². The fraction of sp³-hybridized carbons (Fsp3) is 0.571. The van der Waals surface area contributed by atoms with Crippen molar-refractivity contribution in [3.8, 4) is 0 Å². The van der Waals surface area contributed by atoms with Crippen LogP contribution < -0.4 is 0 Å². The van der Waals surface area contributed by atoms with Crippen LogP contribution in [0.25, 0.3) is 0 Å². The van der Waals surface area contributed by atoms with E-state index >= 15 is 0 Å². The molecule has 1 N–H and O–H groups in total. The Kier molecular flexibility index (Phi) is 5.42. The van der Waals surface area contributed by atoms with Crippen molar-refractivity contribution in [2.75, 3.05) is 5.75 Å². The summed E-state index contributed by atoms with van der Waals surface area (Å²) in [6, 6.07) is 0. The Labute approximate surface area is 75.6 Å². The summed E-state index contributed by atoms with van der Waals surface area (Å²) in [4.78, 5) is 10.4. The molecule has 0 aromatic heterocycles. The summed E-state index contributed by atoms with van der Waals surface area (Å²) >= 11 is 6.78. The van der Waals surface area contributed by atoms with E-state index in [0.29, 0.717) is 17.2 Å². The van der Waals surface area contributed by atoms with Crippen molar-refractivity contribution in [1.29, 1.82) is 0 Å². The van der Waals surface area contributed by atoms with Gasteiger partial charge in [0.15, 0.2) is 0 Å². The number of carboxylic acids is 1. The third-order valence-corrected chi connectivity index (χ3v) is 2.83. The number of hydrogen-bond donors (Lipinski definition) is 1. The standard InChI is InChI=1S/C7H11ClO2S/c1-3-6(7(9)10)11-4-5(2)8/h6H,2-4H2,1H3,(H,9,10). The fourth-order valence-electron chi connectivity index (χ4n) is 0.555. The van der Waals surface area contributed by atoms with Crippen molar-refractivity contribution >= 4 is 29.3 Å². The summed E-state index contributed by atoms with van der Waals surface area (Å²) in [5.41, 5.74) is 0. The lowest BCUT2D eigenvalue weighted by molar-refractivity contribution is -0.136. The molecule has 4 heteroatoms. The second kappa shape index (κ2) is 5.49. The molecule has 0 rings (SSSR count). The van der Waals surface area contributed by atoms with E-state index in [1.807, 2.05) is 6.92 Å². The molecule has 0 aliphatic rings. The van der Waals surface area contributed by atoms with Gasteiger partial charge in [-0.15, -0.1) is 11.8 Å². The quantitative estimate of drug-likeness (QED) is 0.730. The number of hydrogen-bond acceptors (Lipinski definition) is 2. The number of rotatable bonds is 5. The van der Waals surface area contributed by atoms with Crippen LogP contribution in [0.3, 0.4) is 0 Å². The van der Waals surface area contributed by atoms with Crippen LogP contribution in [0, 0.1) is 0 Å². The highest BCUT2D eigenvalue weighted by atomic mass is 35.5. The van der Waals surface area contributed by atoms with Crippen molar-refractivity contribution in [2.45, 2.75) is 18.6 Å². The van der Waals surface area contributed by atoms with Gasteiger partial charge in [-0.2, -0.15) is 0 Å². The first-order valence-electron chi connectivity index (χ1n) is 3.25. The maximum absolute atomic E-state index is 10.4. The summed E-state index contributed by atoms with van der Waals surface area (Å²) in [5.74, 6) is -0.276. The van der Waals surface area contributed by atoms with E-state index in [9.17, 15) is 4.79 Å². The van der Waals surface area contributed by atoms with Gasteiger partial charge in [-0.05, 0) is 6.42 Å². The molecule has 0 aromatic carbocycles. The zero-order valence-corrected chi connectivity index (χ0v) is 7.91. The Balaban J connectivity index is 3.70. The van der Waals surface area contributed by atoms with E-state index in [1.54, 1.807) is 0 Å². The molecular weight excluding hydrogens is 184 g/mol. The summed E-state index contributed by atoms with van der Waals surface area (Å²) in [7, 11) is 0. The number of carbonyl (C=O) groups is 1. The van der Waals surface area contributed by atoms with Crippen LogP contribution in [0.4, 0.5) is 0 Å². The summed E-state index contributed by atoms with van der Waals surface area (Å²) in [6.07, 6.45) is 0.615. The molecular formula is C7H11ClO2S. The molecule has 2 nitrogen and oxygen atoms in total. The van der Waals surface area contributed by atoms with Crippen LogP contribution in [0.15, 0.2) is 11.6 Å². The van der Waals surface area contributed by atoms with Crippen molar-refractivity contribution in [3.63, 3.8) is 0 Å². The van der Waals surface area contributed by atoms with E-state index in [2.05, 4.69) is 6.58 Å². The van der Waals surface area contributed by atoms with Crippen LogP contribution in [0.1, 0.15) is 13.3 Å². The SMILES string of the molecule is C=C(Cl)CSC(CC)C(=O)O. The molecule has 1 unspecified atom stereocenters. The Morgan fingerprint density at radius 2 is 2.36 bits per heavy atom. The van der Waals surface area contributed by atoms with Gasteiger partial charge in [0, 0.05) is 10.8 Å². The minimum atomic E-state index is -0.782. The number of halogens is 1. The van der Waals surface area contributed by atoms with E-state index in [0.717, 1.165) is 0 Å². The molecule has 0 bridgehead atoms. The first kappa shape index (κ1) is 10.8. The van der Waals surface area contributed by atoms with Crippen LogP contribution in [-0.2, 0) is 4.79 Å². The van der Waals surface area contributed by atoms with Crippen molar-refractivity contribution < 1.29 is 9.90 Å². The molecule has 11 heavy (non-hydrogen) atoms. The number of aliphatic carboxylic acids is 1. The van der Waals surface area contributed by atoms with Crippen molar-refractivity contribution in [2.24, 2.45) is 0 Å². The van der Waals surface area contributed by atoms with Crippen LogP contribution >= 0.6 is 23.4 Å². The Morgan fingerprint density at radius 1 is 1.82 bits per heavy atom. The Bertz CT molecular complexity index is 159. The highest BCUT2D eigenvalue weighted by Crippen LogP contribution is 2.18. The van der Waals surface area contributed by atoms with Crippen LogP contribution in [0.2, 0.25) is 0 Å². The van der Waals surface area contributed by atoms with Gasteiger partial charge in [0.05, 0.1) is 0 Å². The summed E-state index contributed by atoms with van der Waals surface area (Å²) in [6.45, 7) is 5.31. The largest absolute Gasteiger partial charge is 0.480 e. The predicted octanol–water partition coefficient (Wildman–Crippen LogP) is 2.34. The molecule has 0 amide bonds.